The maximum Gasteiger partial charge on any atom is 0.118 e. The Hall–Kier alpha value is -1.10. The Morgan fingerprint density at radius 2 is 2.16 bits per heavy atom. The van der Waals surface area contributed by atoms with Crippen LogP contribution >= 0.6 is 0 Å². The van der Waals surface area contributed by atoms with Crippen molar-refractivity contribution in [1.82, 2.24) is 5.32 Å². The summed E-state index contributed by atoms with van der Waals surface area (Å²) in [4.78, 5) is 0. The molecule has 0 bridgehead atoms. The maximum atomic E-state index is 10.4. The number of benzene rings is 1. The minimum atomic E-state index is -0.749. The van der Waals surface area contributed by atoms with Gasteiger partial charge in [0.25, 0.3) is 0 Å². The first-order chi connectivity index (χ1) is 9.05. The Balaban J connectivity index is 1.91. The van der Waals surface area contributed by atoms with E-state index in [0.717, 1.165) is 5.75 Å². The zero-order chi connectivity index (χ0) is 13.9. The van der Waals surface area contributed by atoms with Crippen LogP contribution in [0, 0.1) is 0 Å². The van der Waals surface area contributed by atoms with Crippen molar-refractivity contribution in [3.63, 3.8) is 0 Å². The summed E-state index contributed by atoms with van der Waals surface area (Å²) < 4.78 is 10.6. The average Bonchev–Trinajstić information content (AvgIpc) is 2.77. The Kier molecular flexibility index (Phi) is 4.45. The molecule has 0 amide bonds. The lowest BCUT2D eigenvalue weighted by molar-refractivity contribution is -0.0274. The van der Waals surface area contributed by atoms with Crippen LogP contribution in [0.3, 0.4) is 0 Å². The van der Waals surface area contributed by atoms with Gasteiger partial charge in [-0.2, -0.15) is 0 Å². The predicted octanol–water partition coefficient (Wildman–Crippen LogP) is 1.89. The van der Waals surface area contributed by atoms with Gasteiger partial charge in [-0.05, 0) is 31.5 Å². The summed E-state index contributed by atoms with van der Waals surface area (Å²) in [6.45, 7) is 5.19. The summed E-state index contributed by atoms with van der Waals surface area (Å²) in [5, 5.41) is 13.8. The standard InChI is InChI=1S/C15H23NO3/c1-11(13-4-6-14(18-3)7-5-13)16-10-15(17)8-9-19-12(15)2/h4-7,11-12,16-17H,8-10H2,1-3H3. The van der Waals surface area contributed by atoms with Gasteiger partial charge in [-0.15, -0.1) is 0 Å². The minimum absolute atomic E-state index is 0.108. The summed E-state index contributed by atoms with van der Waals surface area (Å²) in [6.07, 6.45) is 0.583. The number of nitrogens with one attached hydrogen (secondary N) is 1. The second kappa shape index (κ2) is 5.90. The molecule has 1 fully saturated rings. The molecule has 1 saturated heterocycles. The zero-order valence-corrected chi connectivity index (χ0v) is 11.8. The topological polar surface area (TPSA) is 50.7 Å². The monoisotopic (exact) mass is 265 g/mol. The quantitative estimate of drug-likeness (QED) is 0.853. The first-order valence-electron chi connectivity index (χ1n) is 6.76. The number of rotatable bonds is 5. The molecule has 1 aromatic carbocycles. The molecule has 3 atom stereocenters. The van der Waals surface area contributed by atoms with Crippen LogP contribution in [0.4, 0.5) is 0 Å². The molecule has 1 heterocycles. The first-order valence-corrected chi connectivity index (χ1v) is 6.76. The van der Waals surface area contributed by atoms with Gasteiger partial charge in [0.15, 0.2) is 0 Å². The van der Waals surface area contributed by atoms with Crippen molar-refractivity contribution >= 4 is 0 Å². The largest absolute Gasteiger partial charge is 0.497 e. The summed E-state index contributed by atoms with van der Waals surface area (Å²) in [7, 11) is 1.66. The average molecular weight is 265 g/mol. The fraction of sp³-hybridized carbons (Fsp3) is 0.600. The molecule has 1 aliphatic heterocycles. The fourth-order valence-corrected chi connectivity index (χ4v) is 2.34. The third-order valence-corrected chi connectivity index (χ3v) is 3.99. The van der Waals surface area contributed by atoms with Gasteiger partial charge >= 0.3 is 0 Å². The molecule has 19 heavy (non-hydrogen) atoms. The van der Waals surface area contributed by atoms with Crippen LogP contribution < -0.4 is 10.1 Å². The van der Waals surface area contributed by atoms with Crippen molar-refractivity contribution in [1.29, 1.82) is 0 Å². The second-order valence-corrected chi connectivity index (χ2v) is 5.24. The van der Waals surface area contributed by atoms with E-state index in [1.807, 2.05) is 31.2 Å². The number of hydrogen-bond donors (Lipinski definition) is 2. The molecule has 1 aliphatic rings. The molecule has 0 aromatic heterocycles. The van der Waals surface area contributed by atoms with Crippen molar-refractivity contribution in [2.75, 3.05) is 20.3 Å². The number of ether oxygens (including phenoxy) is 2. The van der Waals surface area contributed by atoms with Gasteiger partial charge in [0.1, 0.15) is 11.4 Å². The molecular weight excluding hydrogens is 242 g/mol. The molecule has 2 N–H and O–H groups in total. The highest BCUT2D eigenvalue weighted by atomic mass is 16.5. The molecule has 0 radical (unpaired) electrons. The third kappa shape index (κ3) is 3.26. The van der Waals surface area contributed by atoms with Crippen LogP contribution in [-0.4, -0.2) is 37.1 Å². The Morgan fingerprint density at radius 1 is 1.47 bits per heavy atom. The van der Waals surface area contributed by atoms with Crippen molar-refractivity contribution in [3.8, 4) is 5.75 Å². The van der Waals surface area contributed by atoms with Gasteiger partial charge in [0.2, 0.25) is 0 Å². The van der Waals surface area contributed by atoms with Gasteiger partial charge in [-0.1, -0.05) is 12.1 Å². The van der Waals surface area contributed by atoms with Crippen LogP contribution in [0.2, 0.25) is 0 Å². The molecule has 0 saturated carbocycles. The fourth-order valence-electron chi connectivity index (χ4n) is 2.34. The maximum absolute atomic E-state index is 10.4. The SMILES string of the molecule is COc1ccc(C(C)NCC2(O)CCOC2C)cc1. The summed E-state index contributed by atoms with van der Waals surface area (Å²) in [6, 6.07) is 8.15. The van der Waals surface area contributed by atoms with E-state index in [9.17, 15) is 5.11 Å². The highest BCUT2D eigenvalue weighted by Crippen LogP contribution is 2.26. The highest BCUT2D eigenvalue weighted by molar-refractivity contribution is 5.28. The van der Waals surface area contributed by atoms with Crippen LogP contribution in [0.5, 0.6) is 5.75 Å². The smallest absolute Gasteiger partial charge is 0.118 e. The third-order valence-electron chi connectivity index (χ3n) is 3.99. The summed E-state index contributed by atoms with van der Waals surface area (Å²) >= 11 is 0. The molecule has 4 nitrogen and oxygen atoms in total. The molecule has 0 spiro atoms. The van der Waals surface area contributed by atoms with E-state index in [1.165, 1.54) is 5.56 Å². The molecule has 2 rings (SSSR count). The van der Waals surface area contributed by atoms with E-state index < -0.39 is 5.60 Å². The summed E-state index contributed by atoms with van der Waals surface area (Å²) in [5.74, 6) is 0.854. The van der Waals surface area contributed by atoms with Crippen LogP contribution in [-0.2, 0) is 4.74 Å². The Labute approximate surface area is 114 Å². The van der Waals surface area contributed by atoms with E-state index >= 15 is 0 Å². The van der Waals surface area contributed by atoms with E-state index in [4.69, 9.17) is 9.47 Å². The van der Waals surface area contributed by atoms with Crippen molar-refractivity contribution in [2.45, 2.75) is 38.0 Å². The Bertz CT molecular complexity index is 406. The lowest BCUT2D eigenvalue weighted by atomic mass is 9.96. The molecule has 4 heteroatoms. The molecule has 1 aromatic rings. The van der Waals surface area contributed by atoms with Crippen molar-refractivity contribution < 1.29 is 14.6 Å². The van der Waals surface area contributed by atoms with E-state index in [-0.39, 0.29) is 12.1 Å². The Morgan fingerprint density at radius 3 is 2.68 bits per heavy atom. The summed E-state index contributed by atoms with van der Waals surface area (Å²) in [5.41, 5.74) is 0.428. The molecule has 0 aliphatic carbocycles. The van der Waals surface area contributed by atoms with Crippen molar-refractivity contribution in [2.24, 2.45) is 0 Å². The zero-order valence-electron chi connectivity index (χ0n) is 11.8. The highest BCUT2D eigenvalue weighted by Gasteiger charge is 2.39. The predicted molar refractivity (Wildman–Crippen MR) is 74.4 cm³/mol. The van der Waals surface area contributed by atoms with E-state index in [2.05, 4.69) is 12.2 Å². The van der Waals surface area contributed by atoms with Crippen LogP contribution in [0.25, 0.3) is 0 Å². The number of aliphatic hydroxyl groups is 1. The minimum Gasteiger partial charge on any atom is -0.497 e. The second-order valence-electron chi connectivity index (χ2n) is 5.24. The van der Waals surface area contributed by atoms with Gasteiger partial charge in [-0.3, -0.25) is 0 Å². The van der Waals surface area contributed by atoms with Gasteiger partial charge in [0.05, 0.1) is 13.2 Å². The molecular formula is C15H23NO3. The van der Waals surface area contributed by atoms with Crippen LogP contribution in [0.15, 0.2) is 24.3 Å². The van der Waals surface area contributed by atoms with Gasteiger partial charge in [-0.25, -0.2) is 0 Å². The van der Waals surface area contributed by atoms with Crippen LogP contribution in [0.1, 0.15) is 31.9 Å². The number of methoxy groups -OCH3 is 1. The number of hydrogen-bond acceptors (Lipinski definition) is 4. The normalized spacial score (nSPS) is 28.3. The van der Waals surface area contributed by atoms with Gasteiger partial charge < -0.3 is 19.9 Å². The lowest BCUT2D eigenvalue weighted by Crippen LogP contribution is -2.46. The van der Waals surface area contributed by atoms with Gasteiger partial charge in [0, 0.05) is 25.6 Å². The lowest BCUT2D eigenvalue weighted by Gasteiger charge is -2.28. The molecule has 106 valence electrons. The first kappa shape index (κ1) is 14.3. The van der Waals surface area contributed by atoms with Crippen molar-refractivity contribution in [3.05, 3.63) is 29.8 Å². The molecule has 3 unspecified atom stereocenters. The van der Waals surface area contributed by atoms with E-state index in [1.54, 1.807) is 7.11 Å². The van der Waals surface area contributed by atoms with E-state index in [0.29, 0.717) is 19.6 Å².